The molecule has 7 nitrogen and oxygen atoms in total. The molecule has 31 heavy (non-hydrogen) atoms. The molecule has 1 fully saturated rings. The Morgan fingerprint density at radius 3 is 2.77 bits per heavy atom. The molecule has 0 aliphatic carbocycles. The first-order valence-electron chi connectivity index (χ1n) is 9.55. The molecule has 2 N–H and O–H groups in total. The van der Waals surface area contributed by atoms with Crippen molar-refractivity contribution >= 4 is 45.8 Å². The van der Waals surface area contributed by atoms with Crippen LogP contribution < -0.4 is 5.32 Å². The molecule has 9 heteroatoms. The largest absolute Gasteiger partial charge is 0.464 e. The molecule has 0 spiro atoms. The van der Waals surface area contributed by atoms with E-state index in [4.69, 9.17) is 21.4 Å². The van der Waals surface area contributed by atoms with E-state index in [1.807, 2.05) is 42.6 Å². The van der Waals surface area contributed by atoms with Crippen molar-refractivity contribution in [3.8, 4) is 11.1 Å². The van der Waals surface area contributed by atoms with Gasteiger partial charge in [0.05, 0.1) is 17.7 Å². The quantitative estimate of drug-likeness (QED) is 0.444. The maximum Gasteiger partial charge on any atom is 0.239 e. The number of benzene rings is 1. The van der Waals surface area contributed by atoms with Crippen LogP contribution in [-0.4, -0.2) is 33.8 Å². The van der Waals surface area contributed by atoms with E-state index in [-0.39, 0.29) is 17.2 Å². The number of halogens is 1. The van der Waals surface area contributed by atoms with E-state index in [0.29, 0.717) is 0 Å². The van der Waals surface area contributed by atoms with Crippen LogP contribution in [0.25, 0.3) is 22.1 Å². The molecule has 3 aromatic heterocycles. The van der Waals surface area contributed by atoms with Crippen molar-refractivity contribution in [3.63, 3.8) is 0 Å². The number of furan rings is 1. The molecular weight excluding hydrogens is 434 g/mol. The van der Waals surface area contributed by atoms with E-state index < -0.39 is 11.5 Å². The van der Waals surface area contributed by atoms with Crippen LogP contribution in [0.5, 0.6) is 0 Å². The zero-order valence-electron chi connectivity index (χ0n) is 16.7. The Morgan fingerprint density at radius 1 is 1.23 bits per heavy atom. The number of rotatable bonds is 3. The molecule has 1 saturated heterocycles. The maximum atomic E-state index is 13.4. The lowest BCUT2D eigenvalue weighted by molar-refractivity contribution is -0.131. The van der Waals surface area contributed by atoms with Crippen molar-refractivity contribution in [1.29, 1.82) is 5.41 Å². The minimum atomic E-state index is -0.811. The highest BCUT2D eigenvalue weighted by Gasteiger charge is 2.49. The van der Waals surface area contributed by atoms with Gasteiger partial charge in [0.15, 0.2) is 5.96 Å². The summed E-state index contributed by atoms with van der Waals surface area (Å²) in [5, 5.41) is 14.7. The Bertz CT molecular complexity index is 1310. The first-order chi connectivity index (χ1) is 14.9. The second kappa shape index (κ2) is 7.18. The summed E-state index contributed by atoms with van der Waals surface area (Å²) in [7, 11) is 1.62. The fourth-order valence-corrected chi connectivity index (χ4v) is 5.18. The third kappa shape index (κ3) is 3.19. The van der Waals surface area contributed by atoms with Crippen LogP contribution in [0.4, 0.5) is 0 Å². The number of carbonyl (C=O) groups excluding carboxylic acids is 1. The molecular formula is C22H18ClN5O2S. The Kier molecular flexibility index (Phi) is 4.56. The van der Waals surface area contributed by atoms with E-state index in [0.717, 1.165) is 32.5 Å². The van der Waals surface area contributed by atoms with Crippen molar-refractivity contribution in [2.45, 2.75) is 18.4 Å². The van der Waals surface area contributed by atoms with Crippen LogP contribution in [0, 0.1) is 5.41 Å². The molecule has 2 atom stereocenters. The van der Waals surface area contributed by atoms with Crippen molar-refractivity contribution in [3.05, 3.63) is 70.1 Å². The number of nitrogens with zero attached hydrogens (tertiary/aromatic N) is 3. The average molecular weight is 452 g/mol. The number of hydrogen-bond acceptors (Lipinski definition) is 6. The summed E-state index contributed by atoms with van der Waals surface area (Å²) >= 11 is 7.34. The van der Waals surface area contributed by atoms with E-state index in [2.05, 4.69) is 15.3 Å². The number of carbonyl (C=O) groups is 1. The number of likely N-dealkylation sites (N-methyl/N-ethyl adjacent to an activating group) is 1. The minimum absolute atomic E-state index is 0.0675. The van der Waals surface area contributed by atoms with Crippen molar-refractivity contribution < 1.29 is 9.21 Å². The number of amides is 1. The summed E-state index contributed by atoms with van der Waals surface area (Å²) in [5.41, 5.74) is 2.58. The summed E-state index contributed by atoms with van der Waals surface area (Å²) in [5.74, 6) is -0.601. The number of nitrogens with one attached hydrogen (secondary N) is 2. The molecule has 4 aromatic rings. The lowest BCUT2D eigenvalue weighted by Gasteiger charge is -2.45. The predicted molar refractivity (Wildman–Crippen MR) is 120 cm³/mol. The second-order valence-corrected chi connectivity index (χ2v) is 8.91. The van der Waals surface area contributed by atoms with Gasteiger partial charge in [0.25, 0.3) is 0 Å². The molecule has 4 heterocycles. The first-order valence-corrected chi connectivity index (χ1v) is 10.8. The summed E-state index contributed by atoms with van der Waals surface area (Å²) in [6, 6.07) is 9.67. The van der Waals surface area contributed by atoms with Gasteiger partial charge >= 0.3 is 0 Å². The number of hydrogen-bond donors (Lipinski definition) is 2. The number of fused-ring (bicyclic) bond motifs is 1. The van der Waals surface area contributed by atoms with Gasteiger partial charge in [0, 0.05) is 35.3 Å². The molecule has 1 unspecified atom stereocenters. The van der Waals surface area contributed by atoms with E-state index in [9.17, 15) is 4.79 Å². The molecule has 1 aliphatic heterocycles. The van der Waals surface area contributed by atoms with E-state index in [1.165, 1.54) is 16.2 Å². The van der Waals surface area contributed by atoms with Gasteiger partial charge in [0.2, 0.25) is 11.2 Å². The van der Waals surface area contributed by atoms with Gasteiger partial charge in [0.1, 0.15) is 5.58 Å². The highest BCUT2D eigenvalue weighted by molar-refractivity contribution is 7.10. The van der Waals surface area contributed by atoms with Gasteiger partial charge in [-0.3, -0.25) is 15.1 Å². The predicted octanol–water partition coefficient (Wildman–Crippen LogP) is 4.60. The number of aromatic nitrogens is 2. The second-order valence-electron chi connectivity index (χ2n) is 7.66. The van der Waals surface area contributed by atoms with Crippen LogP contribution in [0.2, 0.25) is 5.28 Å². The normalized spacial score (nSPS) is 21.5. The van der Waals surface area contributed by atoms with Crippen LogP contribution in [-0.2, 0) is 10.3 Å². The molecule has 1 aliphatic rings. The van der Waals surface area contributed by atoms with Crippen LogP contribution in [0.3, 0.4) is 0 Å². The zero-order chi connectivity index (χ0) is 21.8. The van der Waals surface area contributed by atoms with Gasteiger partial charge < -0.3 is 9.73 Å². The van der Waals surface area contributed by atoms with Crippen molar-refractivity contribution in [1.82, 2.24) is 20.2 Å². The smallest absolute Gasteiger partial charge is 0.239 e. The third-order valence-corrected chi connectivity index (χ3v) is 7.11. The summed E-state index contributed by atoms with van der Waals surface area (Å²) in [6.07, 6.45) is 4.97. The van der Waals surface area contributed by atoms with Crippen LogP contribution >= 0.6 is 22.9 Å². The number of guanidine groups is 1. The van der Waals surface area contributed by atoms with Gasteiger partial charge in [-0.25, -0.2) is 9.97 Å². The maximum absolute atomic E-state index is 13.4. The molecule has 0 bridgehead atoms. The minimum Gasteiger partial charge on any atom is -0.464 e. The van der Waals surface area contributed by atoms with Crippen LogP contribution in [0.1, 0.15) is 23.3 Å². The van der Waals surface area contributed by atoms with Crippen LogP contribution in [0.15, 0.2) is 58.8 Å². The third-order valence-electron chi connectivity index (χ3n) is 5.74. The molecule has 0 radical (unpaired) electrons. The van der Waals surface area contributed by atoms with Crippen molar-refractivity contribution in [2.24, 2.45) is 0 Å². The monoisotopic (exact) mass is 451 g/mol. The first kappa shape index (κ1) is 19.7. The van der Waals surface area contributed by atoms with Gasteiger partial charge in [-0.2, -0.15) is 0 Å². The van der Waals surface area contributed by atoms with E-state index >= 15 is 0 Å². The zero-order valence-corrected chi connectivity index (χ0v) is 18.3. The Balaban J connectivity index is 1.62. The molecule has 1 aromatic carbocycles. The Hall–Kier alpha value is -3.23. The van der Waals surface area contributed by atoms with Gasteiger partial charge in [-0.1, -0.05) is 6.07 Å². The Labute approximate surface area is 187 Å². The average Bonchev–Trinajstić information content (AvgIpc) is 3.42. The molecule has 156 valence electrons. The van der Waals surface area contributed by atoms with Gasteiger partial charge in [-0.15, -0.1) is 11.3 Å². The topological polar surface area (TPSA) is 95.1 Å². The van der Waals surface area contributed by atoms with Crippen molar-refractivity contribution in [2.75, 3.05) is 7.05 Å². The lowest BCUT2D eigenvalue weighted by atomic mass is 9.76. The van der Waals surface area contributed by atoms with Gasteiger partial charge in [-0.05, 0) is 59.3 Å². The van der Waals surface area contributed by atoms with E-state index in [1.54, 1.807) is 25.7 Å². The summed E-state index contributed by atoms with van der Waals surface area (Å²) in [6.45, 7) is 1.96. The summed E-state index contributed by atoms with van der Waals surface area (Å²) in [4.78, 5) is 23.8. The lowest BCUT2D eigenvalue weighted by Crippen LogP contribution is -2.62. The highest BCUT2D eigenvalue weighted by Crippen LogP contribution is 2.44. The number of thiophene rings is 1. The summed E-state index contributed by atoms with van der Waals surface area (Å²) < 4.78 is 5.46. The Morgan fingerprint density at radius 2 is 2.00 bits per heavy atom. The molecule has 0 saturated carbocycles. The SMILES string of the molecule is CN1C(=N)N[C@](C)(c2cc(-c3cnc(Cl)nc3)cs2)C(c2ccc3occc3c2)C1=O. The standard InChI is InChI=1S/C22H18ClN5O2S/c1-22(17-8-14(11-31-17)15-9-25-20(23)26-10-15)18(19(29)28(2)21(24)27-22)13-3-4-16-12(7-13)5-6-30-16/h3-11,18H,1-2H3,(H2,24,27)/t18?,22-/m1/s1. The fourth-order valence-electron chi connectivity index (χ4n) is 4.02. The highest BCUT2D eigenvalue weighted by atomic mass is 35.5. The molecule has 5 rings (SSSR count). The fraction of sp³-hybridized carbons (Fsp3) is 0.182. The molecule has 1 amide bonds.